The third-order valence-corrected chi connectivity index (χ3v) is 3.01. The van der Waals surface area contributed by atoms with Gasteiger partial charge in [0.1, 0.15) is 0 Å². The lowest BCUT2D eigenvalue weighted by atomic mass is 10.1. The summed E-state index contributed by atoms with van der Waals surface area (Å²) in [6, 6.07) is 0.182. The van der Waals surface area contributed by atoms with Crippen LogP contribution >= 0.6 is 0 Å². The SMILES string of the molecule is CC(N)CCN(C)C(=O)C(C)C1CC1. The van der Waals surface area contributed by atoms with Crippen molar-refractivity contribution in [3.05, 3.63) is 0 Å². The minimum Gasteiger partial charge on any atom is -0.345 e. The van der Waals surface area contributed by atoms with Gasteiger partial charge in [-0.15, -0.1) is 0 Å². The van der Waals surface area contributed by atoms with Gasteiger partial charge in [-0.05, 0) is 32.1 Å². The Morgan fingerprint density at radius 2 is 2.07 bits per heavy atom. The van der Waals surface area contributed by atoms with Gasteiger partial charge in [0.2, 0.25) is 5.91 Å². The summed E-state index contributed by atoms with van der Waals surface area (Å²) in [5.41, 5.74) is 5.65. The minimum atomic E-state index is 0.182. The van der Waals surface area contributed by atoms with Crippen LogP contribution in [0.4, 0.5) is 0 Å². The lowest BCUT2D eigenvalue weighted by molar-refractivity contribution is -0.134. The third-order valence-electron chi connectivity index (χ3n) is 3.01. The van der Waals surface area contributed by atoms with E-state index in [1.54, 1.807) is 0 Å². The number of nitrogens with zero attached hydrogens (tertiary/aromatic N) is 1. The van der Waals surface area contributed by atoms with E-state index in [0.717, 1.165) is 13.0 Å². The first-order valence-corrected chi connectivity index (χ1v) is 5.53. The van der Waals surface area contributed by atoms with Gasteiger partial charge in [-0.3, -0.25) is 4.79 Å². The van der Waals surface area contributed by atoms with Crippen molar-refractivity contribution >= 4 is 5.91 Å². The molecule has 1 rings (SSSR count). The molecule has 0 aromatic heterocycles. The van der Waals surface area contributed by atoms with Gasteiger partial charge in [0.25, 0.3) is 0 Å². The van der Waals surface area contributed by atoms with Crippen LogP contribution in [0.2, 0.25) is 0 Å². The summed E-state index contributed by atoms with van der Waals surface area (Å²) in [4.78, 5) is 13.6. The second-order valence-corrected chi connectivity index (χ2v) is 4.65. The van der Waals surface area contributed by atoms with E-state index < -0.39 is 0 Å². The molecule has 0 spiro atoms. The van der Waals surface area contributed by atoms with E-state index >= 15 is 0 Å². The normalized spacial score (nSPS) is 20.3. The van der Waals surface area contributed by atoms with Gasteiger partial charge in [-0.2, -0.15) is 0 Å². The maximum atomic E-state index is 11.8. The van der Waals surface area contributed by atoms with Crippen LogP contribution in [0.5, 0.6) is 0 Å². The molecule has 3 heteroatoms. The van der Waals surface area contributed by atoms with E-state index in [4.69, 9.17) is 5.73 Å². The summed E-state index contributed by atoms with van der Waals surface area (Å²) in [5.74, 6) is 1.15. The maximum absolute atomic E-state index is 11.8. The summed E-state index contributed by atoms with van der Waals surface area (Å²) in [6.07, 6.45) is 3.35. The first-order chi connectivity index (χ1) is 6.52. The molecule has 1 saturated carbocycles. The average molecular weight is 198 g/mol. The fourth-order valence-electron chi connectivity index (χ4n) is 1.65. The molecular weight excluding hydrogens is 176 g/mol. The van der Waals surface area contributed by atoms with Crippen LogP contribution in [0.3, 0.4) is 0 Å². The summed E-state index contributed by atoms with van der Waals surface area (Å²) in [5, 5.41) is 0. The highest BCUT2D eigenvalue weighted by Gasteiger charge is 2.33. The number of amides is 1. The van der Waals surface area contributed by atoms with Gasteiger partial charge < -0.3 is 10.6 Å². The third kappa shape index (κ3) is 3.29. The molecule has 1 aliphatic rings. The lowest BCUT2D eigenvalue weighted by Crippen LogP contribution is -2.35. The van der Waals surface area contributed by atoms with E-state index in [0.29, 0.717) is 5.92 Å². The first-order valence-electron chi connectivity index (χ1n) is 5.53. The fourth-order valence-corrected chi connectivity index (χ4v) is 1.65. The predicted octanol–water partition coefficient (Wildman–Crippen LogP) is 1.23. The van der Waals surface area contributed by atoms with Crippen LogP contribution in [-0.2, 0) is 4.79 Å². The minimum absolute atomic E-state index is 0.182. The van der Waals surface area contributed by atoms with Gasteiger partial charge >= 0.3 is 0 Å². The number of nitrogens with two attached hydrogens (primary N) is 1. The first kappa shape index (κ1) is 11.5. The van der Waals surface area contributed by atoms with E-state index in [1.165, 1.54) is 12.8 Å². The van der Waals surface area contributed by atoms with Crippen molar-refractivity contribution in [3.8, 4) is 0 Å². The summed E-state index contributed by atoms with van der Waals surface area (Å²) < 4.78 is 0. The molecular formula is C11H22N2O. The maximum Gasteiger partial charge on any atom is 0.225 e. The molecule has 3 nitrogen and oxygen atoms in total. The molecule has 0 radical (unpaired) electrons. The van der Waals surface area contributed by atoms with Crippen molar-refractivity contribution in [1.29, 1.82) is 0 Å². The zero-order chi connectivity index (χ0) is 10.7. The van der Waals surface area contributed by atoms with E-state index in [1.807, 2.05) is 25.8 Å². The monoisotopic (exact) mass is 198 g/mol. The zero-order valence-electron chi connectivity index (χ0n) is 9.49. The van der Waals surface area contributed by atoms with Crippen molar-refractivity contribution in [2.24, 2.45) is 17.6 Å². The number of hydrogen-bond donors (Lipinski definition) is 1. The molecule has 2 atom stereocenters. The largest absolute Gasteiger partial charge is 0.345 e. The van der Waals surface area contributed by atoms with Crippen LogP contribution in [0.1, 0.15) is 33.1 Å². The molecule has 0 bridgehead atoms. The lowest BCUT2D eigenvalue weighted by Gasteiger charge is -2.22. The number of carbonyl (C=O) groups is 1. The van der Waals surface area contributed by atoms with Gasteiger partial charge in [0.15, 0.2) is 0 Å². The number of rotatable bonds is 5. The molecule has 1 amide bonds. The highest BCUT2D eigenvalue weighted by Crippen LogP contribution is 2.37. The van der Waals surface area contributed by atoms with Crippen molar-refractivity contribution in [3.63, 3.8) is 0 Å². The van der Waals surface area contributed by atoms with Gasteiger partial charge in [0.05, 0.1) is 0 Å². The summed E-state index contributed by atoms with van der Waals surface area (Å²) in [6.45, 7) is 4.80. The molecule has 2 N–H and O–H groups in total. The van der Waals surface area contributed by atoms with E-state index in [2.05, 4.69) is 0 Å². The Morgan fingerprint density at radius 3 is 2.50 bits per heavy atom. The Morgan fingerprint density at radius 1 is 1.50 bits per heavy atom. The number of hydrogen-bond acceptors (Lipinski definition) is 2. The Balaban J connectivity index is 2.27. The fraction of sp³-hybridized carbons (Fsp3) is 0.909. The van der Waals surface area contributed by atoms with Crippen molar-refractivity contribution in [1.82, 2.24) is 4.90 Å². The highest BCUT2D eigenvalue weighted by molar-refractivity contribution is 5.78. The molecule has 1 fully saturated rings. The second kappa shape index (κ2) is 4.78. The molecule has 0 saturated heterocycles. The van der Waals surface area contributed by atoms with Crippen molar-refractivity contribution in [2.45, 2.75) is 39.2 Å². The quantitative estimate of drug-likeness (QED) is 0.722. The number of carbonyl (C=O) groups excluding carboxylic acids is 1. The molecule has 0 aliphatic heterocycles. The van der Waals surface area contributed by atoms with Gasteiger partial charge in [0, 0.05) is 25.6 Å². The standard InChI is InChI=1S/C11H22N2O/c1-8(12)6-7-13(3)11(14)9(2)10-4-5-10/h8-10H,4-7,12H2,1-3H3. The van der Waals surface area contributed by atoms with E-state index in [-0.39, 0.29) is 17.9 Å². The highest BCUT2D eigenvalue weighted by atomic mass is 16.2. The predicted molar refractivity (Wildman–Crippen MR) is 57.8 cm³/mol. The van der Waals surface area contributed by atoms with Crippen LogP contribution < -0.4 is 5.73 Å². The summed E-state index contributed by atoms with van der Waals surface area (Å²) in [7, 11) is 1.88. The Labute approximate surface area is 86.6 Å². The molecule has 0 heterocycles. The van der Waals surface area contributed by atoms with Crippen LogP contribution in [0.15, 0.2) is 0 Å². The van der Waals surface area contributed by atoms with Crippen molar-refractivity contribution in [2.75, 3.05) is 13.6 Å². The van der Waals surface area contributed by atoms with Crippen LogP contribution in [0.25, 0.3) is 0 Å². The molecule has 2 unspecified atom stereocenters. The molecule has 0 aromatic carbocycles. The average Bonchev–Trinajstić information content (AvgIpc) is 2.94. The molecule has 1 aliphatic carbocycles. The van der Waals surface area contributed by atoms with Crippen LogP contribution in [0, 0.1) is 11.8 Å². The molecule has 14 heavy (non-hydrogen) atoms. The Bertz CT molecular complexity index is 199. The molecule has 0 aromatic rings. The zero-order valence-corrected chi connectivity index (χ0v) is 9.49. The van der Waals surface area contributed by atoms with Crippen LogP contribution in [-0.4, -0.2) is 30.4 Å². The van der Waals surface area contributed by atoms with Crippen molar-refractivity contribution < 1.29 is 4.79 Å². The topological polar surface area (TPSA) is 46.3 Å². The Hall–Kier alpha value is -0.570. The smallest absolute Gasteiger partial charge is 0.225 e. The molecule has 82 valence electrons. The second-order valence-electron chi connectivity index (χ2n) is 4.65. The van der Waals surface area contributed by atoms with E-state index in [9.17, 15) is 4.79 Å². The van der Waals surface area contributed by atoms with Gasteiger partial charge in [-0.25, -0.2) is 0 Å². The Kier molecular flexibility index (Phi) is 3.93. The summed E-state index contributed by atoms with van der Waals surface area (Å²) >= 11 is 0. The van der Waals surface area contributed by atoms with Gasteiger partial charge in [-0.1, -0.05) is 6.92 Å².